The maximum absolute atomic E-state index is 11.7. The average Bonchev–Trinajstić information content (AvgIpc) is 2.30. The van der Waals surface area contributed by atoms with Gasteiger partial charge in [-0.15, -0.1) is 0 Å². The van der Waals surface area contributed by atoms with Gasteiger partial charge in [0.25, 0.3) is 0 Å². The Bertz CT molecular complexity index is 303. The van der Waals surface area contributed by atoms with Crippen LogP contribution in [0.3, 0.4) is 0 Å². The Labute approximate surface area is 109 Å². The van der Waals surface area contributed by atoms with Crippen LogP contribution >= 0.6 is 0 Å². The topological polar surface area (TPSA) is 52.6 Å². The predicted molar refractivity (Wildman–Crippen MR) is 70.0 cm³/mol. The van der Waals surface area contributed by atoms with Crippen LogP contribution in [0.15, 0.2) is 11.6 Å². The molecule has 0 heterocycles. The molecule has 0 saturated heterocycles. The minimum atomic E-state index is -0.401. The normalized spacial score (nSPS) is 11.8. The highest BCUT2D eigenvalue weighted by atomic mass is 16.5. The van der Waals surface area contributed by atoms with Gasteiger partial charge in [-0.2, -0.15) is 0 Å². The van der Waals surface area contributed by atoms with Gasteiger partial charge in [-0.25, -0.2) is 4.79 Å². The maximum atomic E-state index is 11.7. The van der Waals surface area contributed by atoms with Gasteiger partial charge in [0.15, 0.2) is 0 Å². The lowest BCUT2D eigenvalue weighted by molar-refractivity contribution is -0.148. The molecule has 0 aliphatic rings. The number of carbonyl (C=O) groups excluding carboxylic acids is 2. The summed E-state index contributed by atoms with van der Waals surface area (Å²) >= 11 is 0. The second-order valence-corrected chi connectivity index (χ2v) is 4.89. The second-order valence-electron chi connectivity index (χ2n) is 4.89. The van der Waals surface area contributed by atoms with Crippen LogP contribution in [0.25, 0.3) is 0 Å². The van der Waals surface area contributed by atoms with Crippen molar-refractivity contribution in [3.63, 3.8) is 0 Å². The van der Waals surface area contributed by atoms with E-state index in [1.807, 2.05) is 20.8 Å². The Kier molecular flexibility index (Phi) is 8.08. The fourth-order valence-electron chi connectivity index (χ4n) is 1.10. The van der Waals surface area contributed by atoms with Crippen LogP contribution in [0.4, 0.5) is 0 Å². The van der Waals surface area contributed by atoms with Gasteiger partial charge in [0.1, 0.15) is 6.61 Å². The summed E-state index contributed by atoms with van der Waals surface area (Å²) in [6.45, 7) is 9.72. The lowest BCUT2D eigenvalue weighted by Crippen LogP contribution is -2.19. The predicted octanol–water partition coefficient (Wildman–Crippen LogP) is 2.72. The summed E-state index contributed by atoms with van der Waals surface area (Å²) in [6, 6.07) is 0. The van der Waals surface area contributed by atoms with Gasteiger partial charge < -0.3 is 9.47 Å². The van der Waals surface area contributed by atoms with E-state index in [-0.39, 0.29) is 24.4 Å². The Hall–Kier alpha value is -1.32. The van der Waals surface area contributed by atoms with E-state index in [1.165, 1.54) is 0 Å². The molecule has 18 heavy (non-hydrogen) atoms. The quantitative estimate of drug-likeness (QED) is 0.519. The molecule has 0 aliphatic heterocycles. The molecule has 0 radical (unpaired) electrons. The molecule has 104 valence electrons. The van der Waals surface area contributed by atoms with Crippen LogP contribution < -0.4 is 0 Å². The fourth-order valence-corrected chi connectivity index (χ4v) is 1.10. The zero-order valence-electron chi connectivity index (χ0n) is 12.0. The molecule has 0 N–H and O–H groups in total. The largest absolute Gasteiger partial charge is 0.462 e. The first-order chi connectivity index (χ1) is 8.38. The van der Waals surface area contributed by atoms with E-state index in [4.69, 9.17) is 9.47 Å². The van der Waals surface area contributed by atoms with E-state index in [1.54, 1.807) is 19.9 Å². The molecule has 0 aromatic carbocycles. The van der Waals surface area contributed by atoms with Crippen LogP contribution in [0.5, 0.6) is 0 Å². The zero-order valence-corrected chi connectivity index (χ0v) is 12.0. The molecule has 0 amide bonds. The van der Waals surface area contributed by atoms with Crippen LogP contribution in [0.2, 0.25) is 0 Å². The third kappa shape index (κ3) is 7.09. The van der Waals surface area contributed by atoms with E-state index in [9.17, 15) is 9.59 Å². The molecular weight excluding hydrogens is 232 g/mol. The highest BCUT2D eigenvalue weighted by Crippen LogP contribution is 2.06. The summed E-state index contributed by atoms with van der Waals surface area (Å²) in [5.41, 5.74) is 0.409. The van der Waals surface area contributed by atoms with Crippen molar-refractivity contribution >= 4 is 11.9 Å². The van der Waals surface area contributed by atoms with E-state index in [0.29, 0.717) is 18.6 Å². The van der Waals surface area contributed by atoms with Crippen molar-refractivity contribution in [1.29, 1.82) is 0 Å². The summed E-state index contributed by atoms with van der Waals surface area (Å²) in [7, 11) is 0. The van der Waals surface area contributed by atoms with E-state index < -0.39 is 5.97 Å². The zero-order chi connectivity index (χ0) is 14.1. The van der Waals surface area contributed by atoms with Crippen LogP contribution in [0, 0.1) is 11.8 Å². The molecule has 0 saturated carbocycles. The molecule has 0 fully saturated rings. The van der Waals surface area contributed by atoms with Crippen molar-refractivity contribution in [3.8, 4) is 0 Å². The summed E-state index contributed by atoms with van der Waals surface area (Å²) in [4.78, 5) is 23.1. The van der Waals surface area contributed by atoms with Crippen molar-refractivity contribution in [3.05, 3.63) is 11.6 Å². The minimum Gasteiger partial charge on any atom is -0.462 e. The highest BCUT2D eigenvalue weighted by molar-refractivity contribution is 5.89. The summed E-state index contributed by atoms with van der Waals surface area (Å²) in [5, 5.41) is 0. The molecule has 0 aromatic heterocycles. The van der Waals surface area contributed by atoms with Crippen LogP contribution in [0.1, 0.15) is 41.0 Å². The lowest BCUT2D eigenvalue weighted by Gasteiger charge is -2.11. The number of carbonyl (C=O) groups is 2. The van der Waals surface area contributed by atoms with Crippen LogP contribution in [-0.2, 0) is 19.1 Å². The third-order valence-corrected chi connectivity index (χ3v) is 2.10. The SMILES string of the molecule is CCC=C(COC(=O)C(C)C)C(=O)OCC(C)C. The first-order valence-corrected chi connectivity index (χ1v) is 6.41. The van der Waals surface area contributed by atoms with Crippen LogP contribution in [-0.4, -0.2) is 25.2 Å². The number of ether oxygens (including phenoxy) is 2. The second kappa shape index (κ2) is 8.72. The smallest absolute Gasteiger partial charge is 0.337 e. The molecule has 4 heteroatoms. The maximum Gasteiger partial charge on any atom is 0.337 e. The van der Waals surface area contributed by atoms with E-state index in [0.717, 1.165) is 0 Å². The third-order valence-electron chi connectivity index (χ3n) is 2.10. The Morgan fingerprint density at radius 1 is 1.11 bits per heavy atom. The summed E-state index contributed by atoms with van der Waals surface area (Å²) in [5.74, 6) is -0.620. The number of hydrogen-bond acceptors (Lipinski definition) is 4. The number of hydrogen-bond donors (Lipinski definition) is 0. The molecule has 0 spiro atoms. The number of rotatable bonds is 7. The van der Waals surface area contributed by atoms with Crippen molar-refractivity contribution in [1.82, 2.24) is 0 Å². The van der Waals surface area contributed by atoms with Gasteiger partial charge in [0, 0.05) is 0 Å². The molecular formula is C14H24O4. The van der Waals surface area contributed by atoms with E-state index >= 15 is 0 Å². The number of esters is 2. The molecule has 0 aromatic rings. The van der Waals surface area contributed by atoms with Gasteiger partial charge in [0.2, 0.25) is 0 Å². The standard InChI is InChI=1S/C14H24O4/c1-6-7-12(9-18-13(15)11(4)5)14(16)17-8-10(2)3/h7,10-11H,6,8-9H2,1-5H3. The van der Waals surface area contributed by atoms with Crippen molar-refractivity contribution in [2.75, 3.05) is 13.2 Å². The van der Waals surface area contributed by atoms with Gasteiger partial charge in [-0.1, -0.05) is 40.7 Å². The highest BCUT2D eigenvalue weighted by Gasteiger charge is 2.15. The molecule has 4 nitrogen and oxygen atoms in total. The average molecular weight is 256 g/mol. The molecule has 0 unspecified atom stereocenters. The molecule has 0 atom stereocenters. The summed E-state index contributed by atoms with van der Waals surface area (Å²) in [6.07, 6.45) is 2.43. The monoisotopic (exact) mass is 256 g/mol. The van der Waals surface area contributed by atoms with Crippen molar-refractivity contribution in [2.24, 2.45) is 11.8 Å². The van der Waals surface area contributed by atoms with Crippen molar-refractivity contribution < 1.29 is 19.1 Å². The van der Waals surface area contributed by atoms with Gasteiger partial charge in [-0.3, -0.25) is 4.79 Å². The van der Waals surface area contributed by atoms with Gasteiger partial charge >= 0.3 is 11.9 Å². The number of allylic oxidation sites excluding steroid dienone is 1. The first kappa shape index (κ1) is 16.7. The molecule has 0 bridgehead atoms. The first-order valence-electron chi connectivity index (χ1n) is 6.41. The molecule has 0 rings (SSSR count). The van der Waals surface area contributed by atoms with Crippen molar-refractivity contribution in [2.45, 2.75) is 41.0 Å². The summed E-state index contributed by atoms with van der Waals surface area (Å²) < 4.78 is 10.2. The molecule has 0 aliphatic carbocycles. The fraction of sp³-hybridized carbons (Fsp3) is 0.714. The lowest BCUT2D eigenvalue weighted by atomic mass is 10.2. The van der Waals surface area contributed by atoms with E-state index in [2.05, 4.69) is 0 Å². The minimum absolute atomic E-state index is 0.0121. The Balaban J connectivity index is 4.35. The Morgan fingerprint density at radius 3 is 2.17 bits per heavy atom. The Morgan fingerprint density at radius 2 is 1.72 bits per heavy atom. The van der Waals surface area contributed by atoms with Gasteiger partial charge in [-0.05, 0) is 12.3 Å². The van der Waals surface area contributed by atoms with Gasteiger partial charge in [0.05, 0.1) is 18.1 Å².